The van der Waals surface area contributed by atoms with Crippen molar-refractivity contribution >= 4 is 56.6 Å². The molecule has 1 nitrogen and oxygen atoms in total. The van der Waals surface area contributed by atoms with Gasteiger partial charge in [0.2, 0.25) is 0 Å². The molecule has 0 amide bonds. The van der Waals surface area contributed by atoms with Gasteiger partial charge in [0.15, 0.2) is 0 Å². The number of hydrogen-bond donors (Lipinski definition) is 0. The molecule has 0 aliphatic rings. The minimum atomic E-state index is -3.52. The topological polar surface area (TPSA) is 17.1 Å². The van der Waals surface area contributed by atoms with Crippen molar-refractivity contribution in [2.24, 2.45) is 0 Å². The Morgan fingerprint density at radius 1 is 1.07 bits per heavy atom. The monoisotopic (exact) mass is 288 g/mol. The minimum Gasteiger partial charge on any atom is -0.283 e. The lowest BCUT2D eigenvalue weighted by Gasteiger charge is -2.04. The highest BCUT2D eigenvalue weighted by molar-refractivity contribution is 8.12. The summed E-state index contributed by atoms with van der Waals surface area (Å²) in [4.78, 5) is 0. The van der Waals surface area contributed by atoms with Gasteiger partial charge in [0.05, 0.1) is 5.03 Å². The molecule has 0 radical (unpaired) electrons. The van der Waals surface area contributed by atoms with E-state index in [-0.39, 0.29) is 9.81 Å². The molecule has 1 aromatic carbocycles. The average Bonchev–Trinajstić information content (AvgIpc) is 2.15. The number of rotatable bonds is 2. The molecule has 6 heteroatoms. The Kier molecular flexibility index (Phi) is 4.36. The quantitative estimate of drug-likeness (QED) is 0.661. The van der Waals surface area contributed by atoms with Crippen molar-refractivity contribution in [1.29, 1.82) is 0 Å². The van der Waals surface area contributed by atoms with E-state index in [0.29, 0.717) is 5.56 Å². The van der Waals surface area contributed by atoms with E-state index in [2.05, 4.69) is 0 Å². The van der Waals surface area contributed by atoms with Crippen LogP contribution >= 0.6 is 51.5 Å². The predicted molar refractivity (Wildman–Crippen MR) is 64.4 cm³/mol. The van der Waals surface area contributed by atoms with Gasteiger partial charge in [-0.2, -0.15) is 0 Å². The maximum absolute atomic E-state index is 11.2. The molecule has 0 atom stereocenters. The molecule has 0 unspecified atom stereocenters. The zero-order valence-electron chi connectivity index (χ0n) is 6.75. The minimum absolute atomic E-state index is 0.112. The van der Waals surface area contributed by atoms with Crippen LogP contribution in [0.5, 0.6) is 0 Å². The first kappa shape index (κ1) is 12.4. The molecule has 76 valence electrons. The molecular formula is C8H5Cl4OP. The SMILES string of the molecule is O=P(Cl)(Cl)/C(Cl)=C(/Cl)c1ccccc1. The van der Waals surface area contributed by atoms with Crippen LogP contribution in [0.3, 0.4) is 0 Å². The van der Waals surface area contributed by atoms with E-state index in [9.17, 15) is 4.57 Å². The third-order valence-electron chi connectivity index (χ3n) is 1.44. The summed E-state index contributed by atoms with van der Waals surface area (Å²) in [5.41, 5.74) is 0.626. The fraction of sp³-hybridized carbons (Fsp3) is 0. The van der Waals surface area contributed by atoms with Crippen LogP contribution < -0.4 is 0 Å². The Morgan fingerprint density at radius 2 is 1.57 bits per heavy atom. The fourth-order valence-corrected chi connectivity index (χ4v) is 2.53. The van der Waals surface area contributed by atoms with Gasteiger partial charge in [0.25, 0.3) is 5.85 Å². The van der Waals surface area contributed by atoms with Crippen molar-refractivity contribution < 1.29 is 4.57 Å². The van der Waals surface area contributed by atoms with Crippen LogP contribution in [0.15, 0.2) is 35.1 Å². The van der Waals surface area contributed by atoms with Crippen LogP contribution in [0.25, 0.3) is 5.03 Å². The lowest BCUT2D eigenvalue weighted by Crippen LogP contribution is -1.77. The van der Waals surface area contributed by atoms with E-state index < -0.39 is 5.85 Å². The van der Waals surface area contributed by atoms with Gasteiger partial charge in [-0.05, 0) is 28.0 Å². The second-order valence-corrected chi connectivity index (χ2v) is 8.20. The number of benzene rings is 1. The van der Waals surface area contributed by atoms with E-state index in [4.69, 9.17) is 45.7 Å². The second-order valence-electron chi connectivity index (χ2n) is 2.43. The molecule has 0 aliphatic carbocycles. The summed E-state index contributed by atoms with van der Waals surface area (Å²) in [5.74, 6) is -3.52. The van der Waals surface area contributed by atoms with E-state index in [1.54, 1.807) is 24.3 Å². The Labute approximate surface area is 102 Å². The van der Waals surface area contributed by atoms with Gasteiger partial charge in [0, 0.05) is 0 Å². The molecule has 1 aromatic rings. The first-order valence-corrected chi connectivity index (χ1v) is 7.81. The molecule has 0 aromatic heterocycles. The summed E-state index contributed by atoms with van der Waals surface area (Å²) in [6, 6.07) is 8.80. The van der Waals surface area contributed by atoms with Gasteiger partial charge in [-0.15, -0.1) is 0 Å². The van der Waals surface area contributed by atoms with Gasteiger partial charge in [-0.3, -0.25) is 4.57 Å². The molecule has 0 N–H and O–H groups in total. The van der Waals surface area contributed by atoms with Gasteiger partial charge < -0.3 is 0 Å². The maximum atomic E-state index is 11.2. The molecule has 1 rings (SSSR count). The number of halogens is 4. The first-order valence-electron chi connectivity index (χ1n) is 3.53. The van der Waals surface area contributed by atoms with E-state index in [0.717, 1.165) is 0 Å². The summed E-state index contributed by atoms with van der Waals surface area (Å²) >= 11 is 22.3. The van der Waals surface area contributed by atoms with E-state index in [1.165, 1.54) is 0 Å². The molecule has 0 fully saturated rings. The lowest BCUT2D eigenvalue weighted by atomic mass is 10.2. The summed E-state index contributed by atoms with van der Waals surface area (Å²) in [6.07, 6.45) is 0. The van der Waals surface area contributed by atoms with Crippen LogP contribution in [-0.4, -0.2) is 0 Å². The molecule has 0 saturated carbocycles. The predicted octanol–water partition coefficient (Wildman–Crippen LogP) is 5.46. The fourth-order valence-electron chi connectivity index (χ4n) is 0.818. The second kappa shape index (κ2) is 4.92. The highest BCUT2D eigenvalue weighted by Gasteiger charge is 2.23. The van der Waals surface area contributed by atoms with E-state index >= 15 is 0 Å². The van der Waals surface area contributed by atoms with Crippen LogP contribution in [0.2, 0.25) is 0 Å². The Hall–Kier alpha value is 0.350. The standard InChI is InChI=1S/C8H5Cl4OP/c9-7(8(10)14(11,12)13)6-4-2-1-3-5-6/h1-5H/b8-7+. The van der Waals surface area contributed by atoms with Gasteiger partial charge in [0.1, 0.15) is 4.77 Å². The highest BCUT2D eigenvalue weighted by atomic mass is 35.9. The van der Waals surface area contributed by atoms with Crippen molar-refractivity contribution in [2.75, 3.05) is 0 Å². The summed E-state index contributed by atoms with van der Waals surface area (Å²) < 4.78 is 11.0. The molecule has 0 heterocycles. The van der Waals surface area contributed by atoms with Crippen LogP contribution in [-0.2, 0) is 4.57 Å². The van der Waals surface area contributed by atoms with Crippen LogP contribution in [0, 0.1) is 0 Å². The average molecular weight is 290 g/mol. The largest absolute Gasteiger partial charge is 0.294 e. The molecule has 0 aliphatic heterocycles. The van der Waals surface area contributed by atoms with Crippen LogP contribution in [0.1, 0.15) is 5.56 Å². The van der Waals surface area contributed by atoms with Gasteiger partial charge in [-0.1, -0.05) is 53.5 Å². The maximum Gasteiger partial charge on any atom is 0.294 e. The summed E-state index contributed by atoms with van der Waals surface area (Å²) in [6.45, 7) is 0. The van der Waals surface area contributed by atoms with E-state index in [1.807, 2.05) is 6.07 Å². The first-order chi connectivity index (χ1) is 6.43. The molecule has 14 heavy (non-hydrogen) atoms. The molecular weight excluding hydrogens is 285 g/mol. The molecule has 0 bridgehead atoms. The Morgan fingerprint density at radius 3 is 2.00 bits per heavy atom. The van der Waals surface area contributed by atoms with Crippen LogP contribution in [0.4, 0.5) is 0 Å². The van der Waals surface area contributed by atoms with Crippen molar-refractivity contribution in [3.8, 4) is 0 Å². The van der Waals surface area contributed by atoms with Crippen molar-refractivity contribution in [3.05, 3.63) is 40.7 Å². The smallest absolute Gasteiger partial charge is 0.283 e. The zero-order chi connectivity index (χ0) is 10.8. The third-order valence-corrected chi connectivity index (χ3v) is 5.19. The van der Waals surface area contributed by atoms with Crippen molar-refractivity contribution in [2.45, 2.75) is 0 Å². The van der Waals surface area contributed by atoms with Gasteiger partial charge >= 0.3 is 0 Å². The van der Waals surface area contributed by atoms with Gasteiger partial charge in [-0.25, -0.2) is 0 Å². The highest BCUT2D eigenvalue weighted by Crippen LogP contribution is 2.67. The lowest BCUT2D eigenvalue weighted by molar-refractivity contribution is 0.597. The Bertz CT molecular complexity index is 395. The normalized spacial score (nSPS) is 13.7. The molecule has 0 spiro atoms. The Balaban J connectivity index is 3.19. The summed E-state index contributed by atoms with van der Waals surface area (Å²) in [5, 5.41) is 0.112. The van der Waals surface area contributed by atoms with Crippen molar-refractivity contribution in [3.63, 3.8) is 0 Å². The zero-order valence-corrected chi connectivity index (χ0v) is 10.7. The summed E-state index contributed by atoms with van der Waals surface area (Å²) in [7, 11) is 0. The third kappa shape index (κ3) is 3.18. The molecule has 0 saturated heterocycles. The van der Waals surface area contributed by atoms with Crippen molar-refractivity contribution in [1.82, 2.24) is 0 Å². The number of hydrogen-bond acceptors (Lipinski definition) is 1.